The SMILES string of the molecule is Cc1ccc(-c2cc(C(=O)NNC(=O)[C@H](C)Oc3ccccc3F)n[nH]2)s1. The number of benzene rings is 1. The van der Waals surface area contributed by atoms with Crippen molar-refractivity contribution in [2.75, 3.05) is 0 Å². The molecule has 1 atom stereocenters. The Labute approximate surface area is 158 Å². The normalized spacial score (nSPS) is 11.7. The minimum atomic E-state index is -1.01. The molecular formula is C18H17FN4O3S. The van der Waals surface area contributed by atoms with Crippen LogP contribution in [0.25, 0.3) is 10.6 Å². The van der Waals surface area contributed by atoms with E-state index in [4.69, 9.17) is 4.74 Å². The molecule has 0 fully saturated rings. The first-order valence-electron chi connectivity index (χ1n) is 8.07. The molecule has 0 saturated heterocycles. The van der Waals surface area contributed by atoms with Gasteiger partial charge in [0.15, 0.2) is 23.4 Å². The number of H-pyrrole nitrogens is 1. The van der Waals surface area contributed by atoms with Gasteiger partial charge in [-0.25, -0.2) is 4.39 Å². The van der Waals surface area contributed by atoms with Crippen molar-refractivity contribution < 1.29 is 18.7 Å². The number of amides is 2. The predicted molar refractivity (Wildman–Crippen MR) is 98.7 cm³/mol. The number of nitrogens with one attached hydrogen (secondary N) is 3. The van der Waals surface area contributed by atoms with Gasteiger partial charge in [-0.2, -0.15) is 5.10 Å². The van der Waals surface area contributed by atoms with Gasteiger partial charge in [-0.3, -0.25) is 25.5 Å². The molecule has 7 nitrogen and oxygen atoms in total. The Balaban J connectivity index is 1.55. The standard InChI is InChI=1S/C18H17FN4O3S/c1-10-7-8-16(27-10)13-9-14(21-20-13)18(25)23-22-17(24)11(2)26-15-6-4-3-5-12(15)19/h3-9,11H,1-2H3,(H,20,21)(H,22,24)(H,23,25)/t11-/m0/s1. The van der Waals surface area contributed by atoms with Crippen molar-refractivity contribution >= 4 is 23.2 Å². The fourth-order valence-electron chi connectivity index (χ4n) is 2.21. The Morgan fingerprint density at radius 1 is 1.22 bits per heavy atom. The lowest BCUT2D eigenvalue weighted by atomic mass is 10.3. The number of rotatable bonds is 5. The highest BCUT2D eigenvalue weighted by atomic mass is 32.1. The number of aromatic amines is 1. The van der Waals surface area contributed by atoms with Gasteiger partial charge in [-0.15, -0.1) is 11.3 Å². The smallest absolute Gasteiger partial charge is 0.290 e. The number of aromatic nitrogens is 2. The second kappa shape index (κ2) is 8.00. The molecule has 3 rings (SSSR count). The molecule has 9 heteroatoms. The summed E-state index contributed by atoms with van der Waals surface area (Å²) < 4.78 is 18.8. The summed E-state index contributed by atoms with van der Waals surface area (Å²) >= 11 is 1.57. The number of ether oxygens (including phenoxy) is 1. The van der Waals surface area contributed by atoms with Crippen molar-refractivity contribution in [3.05, 3.63) is 58.9 Å². The first-order valence-corrected chi connectivity index (χ1v) is 8.89. The minimum absolute atomic E-state index is 0.0466. The van der Waals surface area contributed by atoms with E-state index >= 15 is 0 Å². The second-order valence-electron chi connectivity index (χ2n) is 5.71. The number of nitrogens with zero attached hydrogens (tertiary/aromatic N) is 1. The van der Waals surface area contributed by atoms with E-state index in [1.165, 1.54) is 25.1 Å². The highest BCUT2D eigenvalue weighted by Gasteiger charge is 2.18. The van der Waals surface area contributed by atoms with E-state index in [0.717, 1.165) is 9.75 Å². The molecule has 0 unspecified atom stereocenters. The number of thiophene rings is 1. The number of para-hydroxylation sites is 1. The van der Waals surface area contributed by atoms with E-state index in [0.29, 0.717) is 5.69 Å². The van der Waals surface area contributed by atoms with Crippen LogP contribution < -0.4 is 15.6 Å². The largest absolute Gasteiger partial charge is 0.478 e. The van der Waals surface area contributed by atoms with Crippen LogP contribution in [0, 0.1) is 12.7 Å². The molecule has 27 heavy (non-hydrogen) atoms. The Kier molecular flexibility index (Phi) is 5.51. The van der Waals surface area contributed by atoms with Crippen LogP contribution in [0.2, 0.25) is 0 Å². The molecule has 2 amide bonds. The summed E-state index contributed by atoms with van der Waals surface area (Å²) in [5.74, 6) is -1.84. The zero-order chi connectivity index (χ0) is 19.4. The third-order valence-corrected chi connectivity index (χ3v) is 4.66. The van der Waals surface area contributed by atoms with E-state index in [2.05, 4.69) is 21.0 Å². The van der Waals surface area contributed by atoms with Crippen LogP contribution in [0.15, 0.2) is 42.5 Å². The lowest BCUT2D eigenvalue weighted by Crippen LogP contribution is -2.47. The van der Waals surface area contributed by atoms with Crippen molar-refractivity contribution in [3.63, 3.8) is 0 Å². The molecule has 0 aliphatic heterocycles. The van der Waals surface area contributed by atoms with Crippen LogP contribution in [0.3, 0.4) is 0 Å². The number of aryl methyl sites for hydroxylation is 1. The highest BCUT2D eigenvalue weighted by Crippen LogP contribution is 2.26. The van der Waals surface area contributed by atoms with Gasteiger partial charge >= 0.3 is 0 Å². The molecule has 0 aliphatic carbocycles. The van der Waals surface area contributed by atoms with Crippen molar-refractivity contribution in [2.45, 2.75) is 20.0 Å². The fraction of sp³-hybridized carbons (Fsp3) is 0.167. The molecule has 0 radical (unpaired) electrons. The molecule has 2 heterocycles. The quantitative estimate of drug-likeness (QED) is 0.586. The van der Waals surface area contributed by atoms with Gasteiger partial charge in [0.2, 0.25) is 0 Å². The lowest BCUT2D eigenvalue weighted by Gasteiger charge is -2.15. The van der Waals surface area contributed by atoms with Gasteiger partial charge in [0.25, 0.3) is 11.8 Å². The van der Waals surface area contributed by atoms with Crippen LogP contribution in [0.4, 0.5) is 4.39 Å². The summed E-state index contributed by atoms with van der Waals surface area (Å²) in [5.41, 5.74) is 5.33. The zero-order valence-electron chi connectivity index (χ0n) is 14.6. The van der Waals surface area contributed by atoms with E-state index < -0.39 is 23.7 Å². The summed E-state index contributed by atoms with van der Waals surface area (Å²) in [6.07, 6.45) is -1.01. The lowest BCUT2D eigenvalue weighted by molar-refractivity contribution is -0.128. The Bertz CT molecular complexity index is 969. The molecule has 0 spiro atoms. The van der Waals surface area contributed by atoms with Crippen LogP contribution in [-0.2, 0) is 4.79 Å². The summed E-state index contributed by atoms with van der Waals surface area (Å²) in [5, 5.41) is 6.73. The van der Waals surface area contributed by atoms with Crippen molar-refractivity contribution in [3.8, 4) is 16.3 Å². The van der Waals surface area contributed by atoms with E-state index in [-0.39, 0.29) is 11.4 Å². The van der Waals surface area contributed by atoms with Gasteiger partial charge in [0.1, 0.15) is 0 Å². The highest BCUT2D eigenvalue weighted by molar-refractivity contribution is 7.15. The molecule has 140 valence electrons. The van der Waals surface area contributed by atoms with Crippen molar-refractivity contribution in [1.29, 1.82) is 0 Å². The van der Waals surface area contributed by atoms with Crippen LogP contribution in [0.5, 0.6) is 5.75 Å². The van der Waals surface area contributed by atoms with Crippen molar-refractivity contribution in [2.24, 2.45) is 0 Å². The Morgan fingerprint density at radius 2 is 2.00 bits per heavy atom. The average molecular weight is 388 g/mol. The van der Waals surface area contributed by atoms with Crippen LogP contribution >= 0.6 is 11.3 Å². The topological polar surface area (TPSA) is 96.1 Å². The molecule has 1 aromatic carbocycles. The molecule has 0 saturated carbocycles. The zero-order valence-corrected chi connectivity index (χ0v) is 15.4. The summed E-state index contributed by atoms with van der Waals surface area (Å²) in [7, 11) is 0. The molecule has 3 aromatic rings. The fourth-order valence-corrected chi connectivity index (χ4v) is 3.05. The molecular weight excluding hydrogens is 371 g/mol. The maximum absolute atomic E-state index is 13.6. The Morgan fingerprint density at radius 3 is 2.70 bits per heavy atom. The van der Waals surface area contributed by atoms with Gasteiger partial charge in [0.05, 0.1) is 10.6 Å². The van der Waals surface area contributed by atoms with E-state index in [1.807, 2.05) is 19.1 Å². The maximum atomic E-state index is 13.6. The number of carbonyl (C=O) groups excluding carboxylic acids is 2. The van der Waals surface area contributed by atoms with Crippen LogP contribution in [-0.4, -0.2) is 28.1 Å². The van der Waals surface area contributed by atoms with Gasteiger partial charge < -0.3 is 4.74 Å². The summed E-state index contributed by atoms with van der Waals surface area (Å²) in [6, 6.07) is 11.2. The first kappa shape index (κ1) is 18.6. The van der Waals surface area contributed by atoms with Gasteiger partial charge in [-0.05, 0) is 44.2 Å². The third-order valence-electron chi connectivity index (χ3n) is 3.63. The number of hydrogen-bond donors (Lipinski definition) is 3. The Hall–Kier alpha value is -3.20. The summed E-state index contributed by atoms with van der Waals surface area (Å²) in [6.45, 7) is 3.43. The molecule has 3 N–H and O–H groups in total. The van der Waals surface area contributed by atoms with Crippen LogP contribution in [0.1, 0.15) is 22.3 Å². The minimum Gasteiger partial charge on any atom is -0.478 e. The first-order chi connectivity index (χ1) is 12.9. The van der Waals surface area contributed by atoms with E-state index in [1.54, 1.807) is 23.5 Å². The monoisotopic (exact) mass is 388 g/mol. The maximum Gasteiger partial charge on any atom is 0.290 e. The molecule has 2 aromatic heterocycles. The molecule has 0 bridgehead atoms. The van der Waals surface area contributed by atoms with Gasteiger partial charge in [-0.1, -0.05) is 12.1 Å². The number of carbonyl (C=O) groups is 2. The number of hydrazine groups is 1. The van der Waals surface area contributed by atoms with Crippen molar-refractivity contribution in [1.82, 2.24) is 21.0 Å². The average Bonchev–Trinajstić information content (AvgIpc) is 3.30. The number of hydrogen-bond acceptors (Lipinski definition) is 5. The molecule has 0 aliphatic rings. The number of halogens is 1. The predicted octanol–water partition coefficient (Wildman–Crippen LogP) is 2.81. The van der Waals surface area contributed by atoms with E-state index in [9.17, 15) is 14.0 Å². The van der Waals surface area contributed by atoms with Gasteiger partial charge in [0, 0.05) is 4.88 Å². The second-order valence-corrected chi connectivity index (χ2v) is 7.00. The third kappa shape index (κ3) is 4.50. The summed E-state index contributed by atoms with van der Waals surface area (Å²) in [4.78, 5) is 26.2.